The first kappa shape index (κ1) is 14.5. The minimum absolute atomic E-state index is 0.0279. The van der Waals surface area contributed by atoms with Crippen molar-refractivity contribution in [2.24, 2.45) is 0 Å². The van der Waals surface area contributed by atoms with Gasteiger partial charge in [-0.15, -0.1) is 0 Å². The Bertz CT molecular complexity index is 616. The van der Waals surface area contributed by atoms with Gasteiger partial charge in [-0.25, -0.2) is 14.4 Å². The topological polar surface area (TPSA) is 37.8 Å². The molecule has 2 rings (SSSR count). The number of hydrogen-bond acceptors (Lipinski definition) is 3. The van der Waals surface area contributed by atoms with E-state index in [2.05, 4.69) is 15.3 Å². The van der Waals surface area contributed by atoms with Gasteiger partial charge in [0.15, 0.2) is 0 Å². The van der Waals surface area contributed by atoms with Gasteiger partial charge in [0, 0.05) is 6.54 Å². The quantitative estimate of drug-likeness (QED) is 0.874. The van der Waals surface area contributed by atoms with Crippen LogP contribution in [0, 0.1) is 5.82 Å². The maximum Gasteiger partial charge on any atom is 0.419 e. The second-order valence-electron chi connectivity index (χ2n) is 3.88. The lowest BCUT2D eigenvalue weighted by atomic mass is 10.1. The smallest absolute Gasteiger partial charge is 0.365 e. The van der Waals surface area contributed by atoms with Crippen LogP contribution in [0.5, 0.6) is 0 Å². The molecule has 0 radical (unpaired) electrons. The van der Waals surface area contributed by atoms with Crippen LogP contribution in [0.15, 0.2) is 30.7 Å². The van der Waals surface area contributed by atoms with Crippen molar-refractivity contribution in [1.82, 2.24) is 9.97 Å². The fraction of sp³-hybridized carbons (Fsp3) is 0.167. The molecule has 3 nitrogen and oxygen atoms in total. The van der Waals surface area contributed by atoms with Crippen LogP contribution in [-0.2, 0) is 12.7 Å². The summed E-state index contributed by atoms with van der Waals surface area (Å²) in [4.78, 5) is 7.51. The molecule has 0 atom stereocenters. The Balaban J connectivity index is 2.17. The summed E-state index contributed by atoms with van der Waals surface area (Å²) in [6.07, 6.45) is -2.13. The molecule has 1 heterocycles. The molecule has 1 aromatic heterocycles. The van der Waals surface area contributed by atoms with Gasteiger partial charge in [0.25, 0.3) is 0 Å². The van der Waals surface area contributed by atoms with E-state index in [9.17, 15) is 17.6 Å². The Morgan fingerprint density at radius 3 is 2.65 bits per heavy atom. The predicted octanol–water partition coefficient (Wildman–Crippen LogP) is 3.90. The maximum absolute atomic E-state index is 13.1. The second-order valence-corrected chi connectivity index (χ2v) is 4.29. The van der Waals surface area contributed by atoms with Crippen molar-refractivity contribution in [3.05, 3.63) is 52.7 Å². The molecule has 0 aliphatic rings. The van der Waals surface area contributed by atoms with Crippen LogP contribution in [0.3, 0.4) is 0 Å². The average molecular weight is 306 g/mol. The van der Waals surface area contributed by atoms with Gasteiger partial charge in [-0.2, -0.15) is 13.2 Å². The van der Waals surface area contributed by atoms with Crippen molar-refractivity contribution in [3.63, 3.8) is 0 Å². The first-order chi connectivity index (χ1) is 9.38. The van der Waals surface area contributed by atoms with Crippen LogP contribution < -0.4 is 5.32 Å². The highest BCUT2D eigenvalue weighted by Gasteiger charge is 2.34. The summed E-state index contributed by atoms with van der Waals surface area (Å²) >= 11 is 5.79. The average Bonchev–Trinajstić information content (AvgIpc) is 2.38. The van der Waals surface area contributed by atoms with Crippen LogP contribution in [0.25, 0.3) is 0 Å². The second kappa shape index (κ2) is 5.62. The standard InChI is InChI=1S/C12H8ClF4N3/c13-9-5-18-6-20-11(9)19-4-7-1-2-10(14)8(3-7)12(15,16)17/h1-3,5-6H,4H2,(H,18,19,20). The summed E-state index contributed by atoms with van der Waals surface area (Å²) < 4.78 is 50.8. The molecular weight excluding hydrogens is 298 g/mol. The van der Waals surface area contributed by atoms with E-state index in [0.717, 1.165) is 12.1 Å². The summed E-state index contributed by atoms with van der Waals surface area (Å²) in [5.41, 5.74) is -1.04. The van der Waals surface area contributed by atoms with Crippen LogP contribution in [-0.4, -0.2) is 9.97 Å². The highest BCUT2D eigenvalue weighted by Crippen LogP contribution is 2.32. The van der Waals surface area contributed by atoms with E-state index in [-0.39, 0.29) is 17.1 Å². The zero-order chi connectivity index (χ0) is 14.8. The van der Waals surface area contributed by atoms with Crippen molar-refractivity contribution in [1.29, 1.82) is 0 Å². The molecule has 20 heavy (non-hydrogen) atoms. The molecule has 106 valence electrons. The lowest BCUT2D eigenvalue weighted by Gasteiger charge is -2.11. The number of hydrogen-bond donors (Lipinski definition) is 1. The fourth-order valence-electron chi connectivity index (χ4n) is 1.53. The minimum Gasteiger partial charge on any atom is -0.365 e. The monoisotopic (exact) mass is 305 g/mol. The first-order valence-corrected chi connectivity index (χ1v) is 5.80. The number of aromatic nitrogens is 2. The number of nitrogens with zero attached hydrogens (tertiary/aromatic N) is 2. The van der Waals surface area contributed by atoms with Crippen molar-refractivity contribution in [2.45, 2.75) is 12.7 Å². The highest BCUT2D eigenvalue weighted by molar-refractivity contribution is 6.32. The maximum atomic E-state index is 13.1. The zero-order valence-electron chi connectivity index (χ0n) is 9.88. The van der Waals surface area contributed by atoms with E-state index in [1.165, 1.54) is 18.6 Å². The summed E-state index contributed by atoms with van der Waals surface area (Å²) in [7, 11) is 0. The van der Waals surface area contributed by atoms with Gasteiger partial charge in [-0.3, -0.25) is 0 Å². The third kappa shape index (κ3) is 3.36. The van der Waals surface area contributed by atoms with Crippen molar-refractivity contribution < 1.29 is 17.6 Å². The van der Waals surface area contributed by atoms with Crippen molar-refractivity contribution in [2.75, 3.05) is 5.32 Å². The van der Waals surface area contributed by atoms with Crippen LogP contribution in [0.4, 0.5) is 23.4 Å². The molecule has 0 fully saturated rings. The first-order valence-electron chi connectivity index (χ1n) is 5.43. The number of halogens is 5. The number of rotatable bonds is 3. The molecule has 0 aliphatic heterocycles. The minimum atomic E-state index is -4.73. The molecular formula is C12H8ClF4N3. The van der Waals surface area contributed by atoms with Crippen molar-refractivity contribution >= 4 is 17.4 Å². The van der Waals surface area contributed by atoms with E-state index in [1.54, 1.807) is 0 Å². The van der Waals surface area contributed by atoms with Gasteiger partial charge in [0.1, 0.15) is 23.0 Å². The van der Waals surface area contributed by atoms with Gasteiger partial charge in [0.2, 0.25) is 0 Å². The highest BCUT2D eigenvalue weighted by atomic mass is 35.5. The SMILES string of the molecule is Fc1ccc(CNc2ncncc2Cl)cc1C(F)(F)F. The van der Waals surface area contributed by atoms with Gasteiger partial charge in [-0.1, -0.05) is 17.7 Å². The van der Waals surface area contributed by atoms with Crippen LogP contribution in [0.2, 0.25) is 5.02 Å². The molecule has 0 bridgehead atoms. The summed E-state index contributed by atoms with van der Waals surface area (Å²) in [5, 5.41) is 3.00. The molecule has 0 spiro atoms. The van der Waals surface area contributed by atoms with Gasteiger partial charge < -0.3 is 5.32 Å². The van der Waals surface area contributed by atoms with E-state index in [4.69, 9.17) is 11.6 Å². The summed E-state index contributed by atoms with van der Waals surface area (Å²) in [6.45, 7) is 0.0279. The molecule has 1 N–H and O–H groups in total. The molecule has 0 saturated heterocycles. The normalized spacial score (nSPS) is 11.4. The van der Waals surface area contributed by atoms with Gasteiger partial charge in [0.05, 0.1) is 11.8 Å². The van der Waals surface area contributed by atoms with Gasteiger partial charge in [-0.05, 0) is 17.7 Å². The van der Waals surface area contributed by atoms with Crippen LogP contribution >= 0.6 is 11.6 Å². The Morgan fingerprint density at radius 1 is 1.25 bits per heavy atom. The molecule has 0 saturated carbocycles. The van der Waals surface area contributed by atoms with E-state index in [1.807, 2.05) is 0 Å². The number of alkyl halides is 3. The molecule has 1 aromatic carbocycles. The number of nitrogens with one attached hydrogen (secondary N) is 1. The lowest BCUT2D eigenvalue weighted by molar-refractivity contribution is -0.140. The third-order valence-corrected chi connectivity index (χ3v) is 2.74. The van der Waals surface area contributed by atoms with E-state index >= 15 is 0 Å². The Kier molecular flexibility index (Phi) is 4.08. The lowest BCUT2D eigenvalue weighted by Crippen LogP contribution is -2.10. The number of anilines is 1. The Morgan fingerprint density at radius 2 is 2.00 bits per heavy atom. The fourth-order valence-corrected chi connectivity index (χ4v) is 1.70. The summed E-state index contributed by atoms with van der Waals surface area (Å²) in [5.74, 6) is -1.01. The van der Waals surface area contributed by atoms with E-state index in [0.29, 0.717) is 5.82 Å². The van der Waals surface area contributed by atoms with E-state index < -0.39 is 17.6 Å². The van der Waals surface area contributed by atoms with Gasteiger partial charge >= 0.3 is 6.18 Å². The molecule has 2 aromatic rings. The predicted molar refractivity (Wildman–Crippen MR) is 65.8 cm³/mol. The molecule has 0 aliphatic carbocycles. The zero-order valence-corrected chi connectivity index (χ0v) is 10.6. The molecule has 0 unspecified atom stereocenters. The third-order valence-electron chi connectivity index (χ3n) is 2.46. The van der Waals surface area contributed by atoms with Crippen molar-refractivity contribution in [3.8, 4) is 0 Å². The molecule has 8 heteroatoms. The summed E-state index contributed by atoms with van der Waals surface area (Å²) in [6, 6.07) is 2.78. The number of benzene rings is 1. The van der Waals surface area contributed by atoms with Crippen LogP contribution in [0.1, 0.15) is 11.1 Å². The Labute approximate surface area is 116 Å². The largest absolute Gasteiger partial charge is 0.419 e. The Hall–Kier alpha value is -1.89. The molecule has 0 amide bonds.